The topological polar surface area (TPSA) is 92.5 Å². The van der Waals surface area contributed by atoms with Crippen LogP contribution in [0.2, 0.25) is 5.02 Å². The number of halogens is 4. The Bertz CT molecular complexity index is 1800. The predicted molar refractivity (Wildman–Crippen MR) is 161 cm³/mol. The summed E-state index contributed by atoms with van der Waals surface area (Å²) in [5.41, 5.74) is 2.66. The summed E-state index contributed by atoms with van der Waals surface area (Å²) in [5, 5.41) is 18.0. The number of amides is 1. The first kappa shape index (κ1) is 29.2. The minimum Gasteiger partial charge on any atom is -0.508 e. The van der Waals surface area contributed by atoms with Gasteiger partial charge in [0, 0.05) is 64.8 Å². The van der Waals surface area contributed by atoms with E-state index >= 15 is 0 Å². The molecule has 0 atom stereocenters. The Balaban J connectivity index is 1.31. The zero-order chi connectivity index (χ0) is 30.8. The predicted octanol–water partition coefficient (Wildman–Crippen LogP) is 7.07. The molecule has 5 aromatic rings. The van der Waals surface area contributed by atoms with Crippen molar-refractivity contribution in [3.63, 3.8) is 0 Å². The Morgan fingerprint density at radius 2 is 1.73 bits per heavy atom. The fourth-order valence-electron chi connectivity index (χ4n) is 5.09. The van der Waals surface area contributed by atoms with E-state index in [0.717, 1.165) is 17.2 Å². The van der Waals surface area contributed by atoms with Crippen LogP contribution >= 0.6 is 11.6 Å². The first-order chi connectivity index (χ1) is 21.2. The number of aromatic hydroxyl groups is 1. The van der Waals surface area contributed by atoms with Crippen molar-refractivity contribution in [3.05, 3.63) is 108 Å². The second kappa shape index (κ2) is 12.0. The summed E-state index contributed by atoms with van der Waals surface area (Å²) < 4.78 is 48.9. The standard InChI is InChI=1S/C32H25ClF3N5O3/c33-23-14-22(15-26(42)17-23)30-27(20-6-8-37-9-7-20)19-41(39-30)25-3-1-2-24(18-25)38-31(43)21-4-5-29(28(16-21)32(34,35)36)40-10-12-44-13-11-40/h1-9,14-19,42H,10-13H2,(H,38,43). The molecule has 8 nitrogen and oxygen atoms in total. The maximum absolute atomic E-state index is 14.0. The van der Waals surface area contributed by atoms with Crippen LogP contribution in [-0.4, -0.2) is 52.1 Å². The van der Waals surface area contributed by atoms with Gasteiger partial charge in [0.25, 0.3) is 5.91 Å². The van der Waals surface area contributed by atoms with Crippen LogP contribution in [0, 0.1) is 0 Å². The highest BCUT2D eigenvalue weighted by atomic mass is 35.5. The van der Waals surface area contributed by atoms with E-state index in [1.807, 2.05) is 12.1 Å². The maximum Gasteiger partial charge on any atom is 0.418 e. The molecule has 0 bridgehead atoms. The Hall–Kier alpha value is -4.87. The molecule has 2 N–H and O–H groups in total. The van der Waals surface area contributed by atoms with E-state index in [2.05, 4.69) is 10.3 Å². The number of carbonyl (C=O) groups excluding carboxylic acids is 1. The number of nitrogens with zero attached hydrogens (tertiary/aromatic N) is 4. The minimum atomic E-state index is -4.64. The van der Waals surface area contributed by atoms with Crippen molar-refractivity contribution in [1.82, 2.24) is 14.8 Å². The number of anilines is 2. The summed E-state index contributed by atoms with van der Waals surface area (Å²) in [6.45, 7) is 1.33. The number of aromatic nitrogens is 3. The van der Waals surface area contributed by atoms with Gasteiger partial charge in [-0.25, -0.2) is 4.68 Å². The van der Waals surface area contributed by atoms with E-state index in [-0.39, 0.29) is 17.0 Å². The Morgan fingerprint density at radius 1 is 0.955 bits per heavy atom. The number of rotatable bonds is 6. The van der Waals surface area contributed by atoms with Crippen LogP contribution < -0.4 is 10.2 Å². The van der Waals surface area contributed by atoms with Gasteiger partial charge in [0.2, 0.25) is 0 Å². The molecule has 1 fully saturated rings. The van der Waals surface area contributed by atoms with Crippen molar-refractivity contribution in [1.29, 1.82) is 0 Å². The Labute approximate surface area is 255 Å². The van der Waals surface area contributed by atoms with Crippen LogP contribution in [0.25, 0.3) is 28.1 Å². The largest absolute Gasteiger partial charge is 0.508 e. The van der Waals surface area contributed by atoms with Gasteiger partial charge in [0.1, 0.15) is 11.4 Å². The number of phenolic OH excluding ortho intramolecular Hbond substituents is 1. The molecule has 2 aromatic heterocycles. The van der Waals surface area contributed by atoms with Crippen molar-refractivity contribution in [2.75, 3.05) is 36.5 Å². The molecular weight excluding hydrogens is 595 g/mol. The van der Waals surface area contributed by atoms with Gasteiger partial charge in [0.05, 0.1) is 24.5 Å². The van der Waals surface area contributed by atoms with Crippen molar-refractivity contribution in [3.8, 4) is 33.8 Å². The van der Waals surface area contributed by atoms with Crippen molar-refractivity contribution >= 4 is 28.9 Å². The van der Waals surface area contributed by atoms with E-state index < -0.39 is 17.6 Å². The van der Waals surface area contributed by atoms with Crippen LogP contribution in [0.4, 0.5) is 24.5 Å². The monoisotopic (exact) mass is 619 g/mol. The van der Waals surface area contributed by atoms with E-state index in [0.29, 0.717) is 54.0 Å². The molecule has 0 unspecified atom stereocenters. The lowest BCUT2D eigenvalue weighted by Crippen LogP contribution is -2.37. The SMILES string of the molecule is O=C(Nc1cccc(-n2cc(-c3ccncc3)c(-c3cc(O)cc(Cl)c3)n2)c1)c1ccc(N2CCOCC2)c(C(F)(F)F)c1. The molecule has 0 saturated carbocycles. The molecule has 1 saturated heterocycles. The number of phenols is 1. The number of carbonyl (C=O) groups is 1. The molecule has 1 amide bonds. The second-order valence-electron chi connectivity index (χ2n) is 10.1. The van der Waals surface area contributed by atoms with Gasteiger partial charge in [-0.15, -0.1) is 0 Å². The van der Waals surface area contributed by atoms with Crippen LogP contribution in [0.1, 0.15) is 15.9 Å². The molecule has 1 aliphatic heterocycles. The lowest BCUT2D eigenvalue weighted by atomic mass is 10.0. The van der Waals surface area contributed by atoms with Gasteiger partial charge in [-0.3, -0.25) is 9.78 Å². The summed E-state index contributed by atoms with van der Waals surface area (Å²) in [6, 6.07) is 18.7. The summed E-state index contributed by atoms with van der Waals surface area (Å²) in [6.07, 6.45) is 0.455. The van der Waals surface area contributed by atoms with Crippen molar-refractivity contribution in [2.24, 2.45) is 0 Å². The average Bonchev–Trinajstić information content (AvgIpc) is 3.47. The number of hydrogen-bond donors (Lipinski definition) is 2. The number of hydrogen-bond acceptors (Lipinski definition) is 6. The summed E-state index contributed by atoms with van der Waals surface area (Å²) in [4.78, 5) is 18.8. The Morgan fingerprint density at radius 3 is 2.45 bits per heavy atom. The molecule has 6 rings (SSSR count). The van der Waals surface area contributed by atoms with Gasteiger partial charge >= 0.3 is 6.18 Å². The third-order valence-corrected chi connectivity index (χ3v) is 7.36. The van der Waals surface area contributed by atoms with Gasteiger partial charge in [-0.2, -0.15) is 18.3 Å². The molecule has 12 heteroatoms. The quantitative estimate of drug-likeness (QED) is 0.211. The zero-order valence-electron chi connectivity index (χ0n) is 23.1. The number of pyridine rings is 1. The summed E-state index contributed by atoms with van der Waals surface area (Å²) in [7, 11) is 0. The van der Waals surface area contributed by atoms with Gasteiger partial charge in [0.15, 0.2) is 0 Å². The van der Waals surface area contributed by atoms with E-state index in [9.17, 15) is 23.1 Å². The highest BCUT2D eigenvalue weighted by Crippen LogP contribution is 2.38. The lowest BCUT2D eigenvalue weighted by Gasteiger charge is -2.31. The highest BCUT2D eigenvalue weighted by molar-refractivity contribution is 6.31. The van der Waals surface area contributed by atoms with Crippen molar-refractivity contribution < 1.29 is 27.8 Å². The van der Waals surface area contributed by atoms with Crippen LogP contribution in [0.15, 0.2) is 91.4 Å². The molecular formula is C32H25ClF3N5O3. The first-order valence-electron chi connectivity index (χ1n) is 13.6. The van der Waals surface area contributed by atoms with Gasteiger partial charge in [-0.1, -0.05) is 17.7 Å². The van der Waals surface area contributed by atoms with Crippen molar-refractivity contribution in [2.45, 2.75) is 6.18 Å². The number of morpholine rings is 1. The fraction of sp³-hybridized carbons (Fsp3) is 0.156. The van der Waals surface area contributed by atoms with Crippen LogP contribution in [0.3, 0.4) is 0 Å². The second-order valence-corrected chi connectivity index (χ2v) is 10.5. The fourth-order valence-corrected chi connectivity index (χ4v) is 5.32. The third-order valence-electron chi connectivity index (χ3n) is 7.15. The zero-order valence-corrected chi connectivity index (χ0v) is 23.8. The first-order valence-corrected chi connectivity index (χ1v) is 14.0. The van der Waals surface area contributed by atoms with Gasteiger partial charge < -0.3 is 20.1 Å². The number of ether oxygens (including phenoxy) is 1. The Kier molecular flexibility index (Phi) is 7.98. The van der Waals surface area contributed by atoms with E-state index in [1.54, 1.807) is 64.6 Å². The lowest BCUT2D eigenvalue weighted by molar-refractivity contribution is -0.137. The molecule has 0 aliphatic carbocycles. The molecule has 0 spiro atoms. The summed E-state index contributed by atoms with van der Waals surface area (Å²) in [5.74, 6) is -0.701. The van der Waals surface area contributed by atoms with E-state index in [4.69, 9.17) is 21.4 Å². The molecule has 224 valence electrons. The molecule has 0 radical (unpaired) electrons. The van der Waals surface area contributed by atoms with Crippen LogP contribution in [0.5, 0.6) is 5.75 Å². The number of benzene rings is 3. The van der Waals surface area contributed by atoms with Gasteiger partial charge in [-0.05, 0) is 72.3 Å². The average molecular weight is 620 g/mol. The third kappa shape index (κ3) is 6.24. The number of nitrogens with one attached hydrogen (secondary N) is 1. The number of alkyl halides is 3. The summed E-state index contributed by atoms with van der Waals surface area (Å²) >= 11 is 6.21. The minimum absolute atomic E-state index is 0.0147. The molecule has 44 heavy (non-hydrogen) atoms. The molecule has 3 heterocycles. The molecule has 1 aliphatic rings. The smallest absolute Gasteiger partial charge is 0.418 e. The highest BCUT2D eigenvalue weighted by Gasteiger charge is 2.36. The maximum atomic E-state index is 14.0. The normalized spacial score (nSPS) is 13.6. The van der Waals surface area contributed by atoms with Crippen LogP contribution in [-0.2, 0) is 10.9 Å². The molecule has 3 aromatic carbocycles. The van der Waals surface area contributed by atoms with E-state index in [1.165, 1.54) is 18.2 Å².